The number of anilines is 3. The number of aryl methyl sites for hydroxylation is 1. The number of sulfonamides is 1. The van der Waals surface area contributed by atoms with Crippen LogP contribution < -0.4 is 19.3 Å². The summed E-state index contributed by atoms with van der Waals surface area (Å²) in [6.07, 6.45) is 0. The first-order valence-corrected chi connectivity index (χ1v) is 12.8. The number of rotatable bonds is 7. The molecule has 35 heavy (non-hydrogen) atoms. The van der Waals surface area contributed by atoms with E-state index in [1.807, 2.05) is 6.07 Å². The molecule has 0 spiro atoms. The van der Waals surface area contributed by atoms with Gasteiger partial charge in [-0.15, -0.1) is 0 Å². The molecule has 8 nitrogen and oxygen atoms in total. The van der Waals surface area contributed by atoms with Crippen LogP contribution >= 0.6 is 0 Å². The molecule has 0 aliphatic carbocycles. The van der Waals surface area contributed by atoms with Gasteiger partial charge in [0.05, 0.1) is 28.9 Å². The second-order valence-corrected chi connectivity index (χ2v) is 10.3. The summed E-state index contributed by atoms with van der Waals surface area (Å²) < 4.78 is 34.0. The van der Waals surface area contributed by atoms with Gasteiger partial charge in [0.1, 0.15) is 5.75 Å². The SMILES string of the molecule is COc1ccc(S(=O)(=O)Nc2cc(C(=O)O)ccc2N2CCN(c3cccc(C)c3)[C@@H](C)C2)cc1. The van der Waals surface area contributed by atoms with Gasteiger partial charge in [-0.3, -0.25) is 4.72 Å². The molecule has 0 unspecified atom stereocenters. The van der Waals surface area contributed by atoms with E-state index in [1.165, 1.54) is 36.9 Å². The minimum atomic E-state index is -3.95. The van der Waals surface area contributed by atoms with Gasteiger partial charge >= 0.3 is 5.97 Å². The Morgan fingerprint density at radius 1 is 1.06 bits per heavy atom. The highest BCUT2D eigenvalue weighted by Gasteiger charge is 2.27. The first-order chi connectivity index (χ1) is 16.7. The van der Waals surface area contributed by atoms with Crippen molar-refractivity contribution in [2.24, 2.45) is 0 Å². The van der Waals surface area contributed by atoms with Crippen LogP contribution in [-0.4, -0.2) is 52.3 Å². The van der Waals surface area contributed by atoms with Crippen LogP contribution in [0.2, 0.25) is 0 Å². The van der Waals surface area contributed by atoms with Gasteiger partial charge in [-0.05, 0) is 74.0 Å². The Bertz CT molecular complexity index is 1330. The second-order valence-electron chi connectivity index (χ2n) is 8.65. The largest absolute Gasteiger partial charge is 0.497 e. The molecule has 3 aromatic rings. The van der Waals surface area contributed by atoms with Crippen LogP contribution in [0.5, 0.6) is 5.75 Å². The monoisotopic (exact) mass is 495 g/mol. The third kappa shape index (κ3) is 5.35. The molecule has 0 aromatic heterocycles. The molecule has 9 heteroatoms. The van der Waals surface area contributed by atoms with E-state index in [9.17, 15) is 18.3 Å². The summed E-state index contributed by atoms with van der Waals surface area (Å²) >= 11 is 0. The zero-order chi connectivity index (χ0) is 25.2. The van der Waals surface area contributed by atoms with Crippen molar-refractivity contribution in [2.75, 3.05) is 41.3 Å². The Labute approximate surface area is 205 Å². The number of hydrogen-bond acceptors (Lipinski definition) is 6. The van der Waals surface area contributed by atoms with Crippen LogP contribution in [0, 0.1) is 6.92 Å². The van der Waals surface area contributed by atoms with Crippen LogP contribution in [0.4, 0.5) is 17.1 Å². The summed E-state index contributed by atoms with van der Waals surface area (Å²) in [5.41, 5.74) is 3.22. The van der Waals surface area contributed by atoms with Gasteiger partial charge in [-0.2, -0.15) is 0 Å². The normalized spacial score (nSPS) is 16.1. The molecule has 0 saturated carbocycles. The Hall–Kier alpha value is -3.72. The van der Waals surface area contributed by atoms with E-state index in [1.54, 1.807) is 18.2 Å². The van der Waals surface area contributed by atoms with E-state index >= 15 is 0 Å². The minimum Gasteiger partial charge on any atom is -0.497 e. The van der Waals surface area contributed by atoms with E-state index in [0.717, 1.165) is 12.2 Å². The standard InChI is InChI=1S/C26H29N3O5S/c1-18-5-4-6-21(15-18)29-14-13-28(17-19(29)2)25-12-7-20(26(30)31)16-24(25)27-35(32,33)23-10-8-22(34-3)9-11-23/h4-12,15-16,19,27H,13-14,17H2,1-3H3,(H,30,31)/t19-/m0/s1. The topological polar surface area (TPSA) is 99.2 Å². The molecule has 1 saturated heterocycles. The summed E-state index contributed by atoms with van der Waals surface area (Å²) in [7, 11) is -2.44. The van der Waals surface area contributed by atoms with Crippen LogP contribution in [0.25, 0.3) is 0 Å². The fourth-order valence-electron chi connectivity index (χ4n) is 4.35. The smallest absolute Gasteiger partial charge is 0.335 e. The molecule has 1 aliphatic heterocycles. The lowest BCUT2D eigenvalue weighted by molar-refractivity contribution is 0.0697. The van der Waals surface area contributed by atoms with Crippen molar-refractivity contribution in [3.63, 3.8) is 0 Å². The molecular weight excluding hydrogens is 466 g/mol. The van der Waals surface area contributed by atoms with Gasteiger partial charge in [0.15, 0.2) is 0 Å². The van der Waals surface area contributed by atoms with Crippen molar-refractivity contribution in [2.45, 2.75) is 24.8 Å². The quantitative estimate of drug-likeness (QED) is 0.506. The lowest BCUT2D eigenvalue weighted by Crippen LogP contribution is -2.52. The Kier molecular flexibility index (Phi) is 6.88. The van der Waals surface area contributed by atoms with Crippen molar-refractivity contribution in [3.05, 3.63) is 77.9 Å². The van der Waals surface area contributed by atoms with E-state index in [-0.39, 0.29) is 22.2 Å². The number of hydrogen-bond donors (Lipinski definition) is 2. The van der Waals surface area contributed by atoms with Crippen molar-refractivity contribution in [1.82, 2.24) is 0 Å². The summed E-state index contributed by atoms with van der Waals surface area (Å²) in [5.74, 6) is -0.586. The van der Waals surface area contributed by atoms with Gasteiger partial charge in [0.25, 0.3) is 10.0 Å². The molecule has 0 bridgehead atoms. The van der Waals surface area contributed by atoms with Gasteiger partial charge in [0, 0.05) is 31.4 Å². The van der Waals surface area contributed by atoms with E-state index in [4.69, 9.17) is 4.74 Å². The number of piperazine rings is 1. The van der Waals surface area contributed by atoms with Crippen LogP contribution in [0.3, 0.4) is 0 Å². The molecule has 0 amide bonds. The molecule has 1 aliphatic rings. The van der Waals surface area contributed by atoms with Gasteiger partial charge in [-0.25, -0.2) is 13.2 Å². The number of aromatic carboxylic acids is 1. The van der Waals surface area contributed by atoms with Gasteiger partial charge < -0.3 is 19.6 Å². The van der Waals surface area contributed by atoms with Crippen molar-refractivity contribution < 1.29 is 23.1 Å². The first kappa shape index (κ1) is 24.4. The zero-order valence-electron chi connectivity index (χ0n) is 19.9. The van der Waals surface area contributed by atoms with E-state index in [0.29, 0.717) is 24.5 Å². The lowest BCUT2D eigenvalue weighted by Gasteiger charge is -2.43. The molecule has 1 atom stereocenters. The Balaban J connectivity index is 1.62. The van der Waals surface area contributed by atoms with E-state index in [2.05, 4.69) is 46.6 Å². The number of nitrogens with one attached hydrogen (secondary N) is 1. The molecule has 0 radical (unpaired) electrons. The number of ether oxygens (including phenoxy) is 1. The highest BCUT2D eigenvalue weighted by molar-refractivity contribution is 7.92. The average Bonchev–Trinajstić information content (AvgIpc) is 2.83. The van der Waals surface area contributed by atoms with E-state index < -0.39 is 16.0 Å². The number of methoxy groups -OCH3 is 1. The Morgan fingerprint density at radius 2 is 1.80 bits per heavy atom. The van der Waals surface area contributed by atoms with Crippen molar-refractivity contribution in [3.8, 4) is 5.75 Å². The second kappa shape index (κ2) is 9.87. The predicted octanol–water partition coefficient (Wildman–Crippen LogP) is 4.22. The fraction of sp³-hybridized carbons (Fsp3) is 0.269. The molecule has 1 heterocycles. The summed E-state index contributed by atoms with van der Waals surface area (Å²) in [5, 5.41) is 9.50. The molecular formula is C26H29N3O5S. The highest BCUT2D eigenvalue weighted by atomic mass is 32.2. The van der Waals surface area contributed by atoms with Crippen LogP contribution in [0.15, 0.2) is 71.6 Å². The maximum absolute atomic E-state index is 13.1. The summed E-state index contributed by atoms with van der Waals surface area (Å²) in [6, 6.07) is 19.1. The number of benzene rings is 3. The average molecular weight is 496 g/mol. The van der Waals surface area contributed by atoms with Crippen LogP contribution in [-0.2, 0) is 10.0 Å². The number of carbonyl (C=O) groups is 1. The molecule has 1 fully saturated rings. The third-order valence-electron chi connectivity index (χ3n) is 6.16. The fourth-order valence-corrected chi connectivity index (χ4v) is 5.42. The molecule has 3 aromatic carbocycles. The van der Waals surface area contributed by atoms with Crippen molar-refractivity contribution in [1.29, 1.82) is 0 Å². The zero-order valence-corrected chi connectivity index (χ0v) is 20.7. The predicted molar refractivity (Wildman–Crippen MR) is 137 cm³/mol. The number of carboxylic acid groups (broad SMARTS) is 1. The van der Waals surface area contributed by atoms with Gasteiger partial charge in [-0.1, -0.05) is 12.1 Å². The highest BCUT2D eigenvalue weighted by Crippen LogP contribution is 2.32. The molecule has 2 N–H and O–H groups in total. The lowest BCUT2D eigenvalue weighted by atomic mass is 10.1. The summed E-state index contributed by atoms with van der Waals surface area (Å²) in [4.78, 5) is 16.1. The number of carboxylic acids is 1. The Morgan fingerprint density at radius 3 is 2.43 bits per heavy atom. The number of nitrogens with zero attached hydrogens (tertiary/aromatic N) is 2. The third-order valence-corrected chi connectivity index (χ3v) is 7.54. The molecule has 184 valence electrons. The summed E-state index contributed by atoms with van der Waals surface area (Å²) in [6.45, 7) is 6.24. The van der Waals surface area contributed by atoms with Gasteiger partial charge in [0.2, 0.25) is 0 Å². The maximum atomic E-state index is 13.1. The first-order valence-electron chi connectivity index (χ1n) is 11.3. The minimum absolute atomic E-state index is 0.00706. The maximum Gasteiger partial charge on any atom is 0.335 e. The van der Waals surface area contributed by atoms with Crippen LogP contribution in [0.1, 0.15) is 22.8 Å². The molecule has 4 rings (SSSR count). The van der Waals surface area contributed by atoms with Crippen molar-refractivity contribution >= 4 is 33.1 Å².